The van der Waals surface area contributed by atoms with E-state index in [1.165, 1.54) is 0 Å². The van der Waals surface area contributed by atoms with Crippen LogP contribution in [-0.2, 0) is 16.0 Å². The topological polar surface area (TPSA) is 148 Å². The van der Waals surface area contributed by atoms with Gasteiger partial charge in [-0.15, -0.1) is 0 Å². The summed E-state index contributed by atoms with van der Waals surface area (Å²) >= 11 is 0. The fourth-order valence-corrected chi connectivity index (χ4v) is 1.98. The molecule has 2 rings (SSSR count). The van der Waals surface area contributed by atoms with Gasteiger partial charge in [0, 0.05) is 6.42 Å². The molecule has 1 aliphatic heterocycles. The van der Waals surface area contributed by atoms with E-state index in [1.807, 2.05) is 30.3 Å². The minimum absolute atomic E-state index is 0.212. The molecular weight excluding hydrogens is 308 g/mol. The molecule has 8 heteroatoms. The summed E-state index contributed by atoms with van der Waals surface area (Å²) in [5.74, 6) is -0.742. The minimum atomic E-state index is -1.57. The normalized spacial score (nSPS) is 30.2. The van der Waals surface area contributed by atoms with Gasteiger partial charge in [-0.2, -0.15) is 0 Å². The van der Waals surface area contributed by atoms with Gasteiger partial charge in [-0.3, -0.25) is 4.79 Å². The van der Waals surface area contributed by atoms with Crippen molar-refractivity contribution in [1.29, 1.82) is 0 Å². The zero-order chi connectivity index (χ0) is 17.4. The molecule has 6 N–H and O–H groups in total. The Labute approximate surface area is 133 Å². The summed E-state index contributed by atoms with van der Waals surface area (Å²) < 4.78 is 4.58. The summed E-state index contributed by atoms with van der Waals surface area (Å²) in [4.78, 5) is 10.2. The molecule has 1 aliphatic rings. The molecule has 0 amide bonds. The molecule has 0 saturated carbocycles. The molecule has 1 saturated heterocycles. The van der Waals surface area contributed by atoms with Crippen LogP contribution in [0, 0.1) is 0 Å². The minimum Gasteiger partial charge on any atom is -0.481 e. The van der Waals surface area contributed by atoms with Crippen molar-refractivity contribution in [1.82, 2.24) is 0 Å². The van der Waals surface area contributed by atoms with Crippen LogP contribution in [0.15, 0.2) is 30.3 Å². The molecule has 1 unspecified atom stereocenters. The van der Waals surface area contributed by atoms with Crippen LogP contribution in [0.5, 0.6) is 0 Å². The summed E-state index contributed by atoms with van der Waals surface area (Å²) in [6.07, 6.45) is -6.21. The number of aliphatic hydroxyl groups excluding tert-OH is 5. The molecular formula is C15H22O8. The Morgan fingerprint density at radius 2 is 1.61 bits per heavy atom. The van der Waals surface area contributed by atoms with E-state index < -0.39 is 43.3 Å². The zero-order valence-electron chi connectivity index (χ0n) is 12.4. The highest BCUT2D eigenvalue weighted by Gasteiger charge is 2.42. The van der Waals surface area contributed by atoms with E-state index in [2.05, 4.69) is 4.74 Å². The van der Waals surface area contributed by atoms with E-state index >= 15 is 0 Å². The van der Waals surface area contributed by atoms with Gasteiger partial charge in [-0.1, -0.05) is 30.3 Å². The predicted octanol–water partition coefficient (Wildman–Crippen LogP) is -1.52. The first-order valence-corrected chi connectivity index (χ1v) is 7.11. The molecule has 0 radical (unpaired) electrons. The Balaban J connectivity index is 0.000000231. The highest BCUT2D eigenvalue weighted by molar-refractivity contribution is 5.67. The number of hydrogen-bond acceptors (Lipinski definition) is 7. The molecule has 8 nitrogen and oxygen atoms in total. The molecule has 1 aromatic carbocycles. The van der Waals surface area contributed by atoms with Crippen molar-refractivity contribution in [2.75, 3.05) is 6.61 Å². The lowest BCUT2D eigenvalue weighted by Crippen LogP contribution is -2.58. The summed E-state index contributed by atoms with van der Waals surface area (Å²) in [6, 6.07) is 9.62. The number of aliphatic hydroxyl groups is 5. The first-order chi connectivity index (χ1) is 10.9. The Bertz CT molecular complexity index is 461. The fourth-order valence-electron chi connectivity index (χ4n) is 1.98. The number of benzene rings is 1. The molecule has 1 aromatic rings. The molecule has 130 valence electrons. The first-order valence-electron chi connectivity index (χ1n) is 7.11. The lowest BCUT2D eigenvalue weighted by Gasteiger charge is -2.37. The van der Waals surface area contributed by atoms with Crippen LogP contribution in [-0.4, -0.2) is 73.9 Å². The van der Waals surface area contributed by atoms with E-state index in [9.17, 15) is 4.79 Å². The molecule has 5 atom stereocenters. The van der Waals surface area contributed by atoms with Gasteiger partial charge >= 0.3 is 5.97 Å². The molecule has 23 heavy (non-hydrogen) atoms. The standard InChI is InChI=1S/C9H10O2.C6H12O6/c10-9(11)7-6-8-4-2-1-3-5-8;7-1-2-3(8)4(9)5(10)6(11)12-2/h1-5H,6-7H2,(H,10,11);2-11H,1H2/t;2-,3-,4+,5-,6?/m.1/s1. The van der Waals surface area contributed by atoms with E-state index in [0.29, 0.717) is 6.42 Å². The SMILES string of the molecule is O=C(O)CCc1ccccc1.OC[C@H]1OC(O)[C@H](O)[C@@H](O)[C@@H]1O. The summed E-state index contributed by atoms with van der Waals surface area (Å²) in [6.45, 7) is -0.526. The molecule has 1 fully saturated rings. The van der Waals surface area contributed by atoms with Crippen molar-refractivity contribution in [2.24, 2.45) is 0 Å². The average Bonchev–Trinajstić information content (AvgIpc) is 2.56. The number of carboxylic acids is 1. The van der Waals surface area contributed by atoms with Crippen molar-refractivity contribution < 1.29 is 40.2 Å². The van der Waals surface area contributed by atoms with Gasteiger partial charge in [0.1, 0.15) is 24.4 Å². The number of ether oxygens (including phenoxy) is 1. The monoisotopic (exact) mass is 330 g/mol. The second kappa shape index (κ2) is 9.56. The first kappa shape index (κ1) is 19.5. The maximum atomic E-state index is 10.2. The van der Waals surface area contributed by atoms with Crippen molar-refractivity contribution in [3.05, 3.63) is 35.9 Å². The Hall–Kier alpha value is -1.55. The third kappa shape index (κ3) is 6.22. The van der Waals surface area contributed by atoms with Crippen molar-refractivity contribution in [3.8, 4) is 0 Å². The van der Waals surface area contributed by atoms with Crippen molar-refractivity contribution in [2.45, 2.75) is 43.5 Å². The third-order valence-corrected chi connectivity index (χ3v) is 3.34. The van der Waals surface area contributed by atoms with Crippen LogP contribution in [0.4, 0.5) is 0 Å². The van der Waals surface area contributed by atoms with E-state index in [-0.39, 0.29) is 6.42 Å². The smallest absolute Gasteiger partial charge is 0.303 e. The van der Waals surface area contributed by atoms with Crippen LogP contribution < -0.4 is 0 Å². The van der Waals surface area contributed by atoms with E-state index in [4.69, 9.17) is 30.6 Å². The van der Waals surface area contributed by atoms with Gasteiger partial charge in [0.2, 0.25) is 0 Å². The van der Waals surface area contributed by atoms with E-state index in [1.54, 1.807) is 0 Å². The summed E-state index contributed by atoms with van der Waals surface area (Å²) in [5, 5.41) is 53.0. The van der Waals surface area contributed by atoms with Crippen molar-refractivity contribution in [3.63, 3.8) is 0 Å². The number of rotatable bonds is 4. The number of carboxylic acid groups (broad SMARTS) is 1. The summed E-state index contributed by atoms with van der Waals surface area (Å²) in [7, 11) is 0. The number of carbonyl (C=O) groups is 1. The van der Waals surface area contributed by atoms with Gasteiger partial charge < -0.3 is 35.4 Å². The molecule has 0 aliphatic carbocycles. The van der Waals surface area contributed by atoms with Crippen LogP contribution in [0.25, 0.3) is 0 Å². The van der Waals surface area contributed by atoms with Crippen molar-refractivity contribution >= 4 is 5.97 Å². The Kier molecular flexibility index (Phi) is 8.10. The van der Waals surface area contributed by atoms with Gasteiger partial charge in [-0.05, 0) is 12.0 Å². The van der Waals surface area contributed by atoms with Gasteiger partial charge in [0.15, 0.2) is 6.29 Å². The second-order valence-corrected chi connectivity index (χ2v) is 5.10. The van der Waals surface area contributed by atoms with E-state index in [0.717, 1.165) is 5.56 Å². The highest BCUT2D eigenvalue weighted by atomic mass is 16.6. The largest absolute Gasteiger partial charge is 0.481 e. The highest BCUT2D eigenvalue weighted by Crippen LogP contribution is 2.18. The second-order valence-electron chi connectivity index (χ2n) is 5.10. The third-order valence-electron chi connectivity index (χ3n) is 3.34. The fraction of sp³-hybridized carbons (Fsp3) is 0.533. The lowest BCUT2D eigenvalue weighted by atomic mass is 10.00. The maximum absolute atomic E-state index is 10.2. The summed E-state index contributed by atoms with van der Waals surface area (Å²) in [5.41, 5.74) is 1.08. The van der Waals surface area contributed by atoms with Crippen LogP contribution in [0.2, 0.25) is 0 Å². The number of aliphatic carboxylic acids is 1. The molecule has 0 aromatic heterocycles. The van der Waals surface area contributed by atoms with Crippen LogP contribution in [0.1, 0.15) is 12.0 Å². The number of aryl methyl sites for hydroxylation is 1. The van der Waals surface area contributed by atoms with Gasteiger partial charge in [0.25, 0.3) is 0 Å². The lowest BCUT2D eigenvalue weighted by molar-refractivity contribution is -0.286. The molecule has 0 bridgehead atoms. The number of hydrogen-bond donors (Lipinski definition) is 6. The Morgan fingerprint density at radius 3 is 2.13 bits per heavy atom. The zero-order valence-corrected chi connectivity index (χ0v) is 12.4. The predicted molar refractivity (Wildman–Crippen MR) is 78.4 cm³/mol. The molecule has 0 spiro atoms. The van der Waals surface area contributed by atoms with Gasteiger partial charge in [-0.25, -0.2) is 0 Å². The quantitative estimate of drug-likeness (QED) is 0.390. The Morgan fingerprint density at radius 1 is 1.00 bits per heavy atom. The average molecular weight is 330 g/mol. The van der Waals surface area contributed by atoms with Crippen LogP contribution >= 0.6 is 0 Å². The molecule has 1 heterocycles. The maximum Gasteiger partial charge on any atom is 0.303 e. The van der Waals surface area contributed by atoms with Crippen LogP contribution in [0.3, 0.4) is 0 Å². The van der Waals surface area contributed by atoms with Gasteiger partial charge in [0.05, 0.1) is 6.61 Å².